The Kier molecular flexibility index (Phi) is 12.5. The quantitative estimate of drug-likeness (QED) is 0.169. The molecule has 6 aliphatic rings. The van der Waals surface area contributed by atoms with E-state index >= 15 is 0 Å². The first kappa shape index (κ1) is 34.3. The van der Waals surface area contributed by atoms with Gasteiger partial charge in [-0.2, -0.15) is 0 Å². The molecule has 12 unspecified atom stereocenters. The second-order valence-electron chi connectivity index (χ2n) is 15.5. The van der Waals surface area contributed by atoms with Crippen LogP contribution in [0.4, 0.5) is 0 Å². The van der Waals surface area contributed by atoms with Crippen molar-refractivity contribution in [3.8, 4) is 0 Å². The van der Waals surface area contributed by atoms with Crippen molar-refractivity contribution in [1.82, 2.24) is 0 Å². The fourth-order valence-corrected chi connectivity index (χ4v) is 15.9. The second-order valence-corrected chi connectivity index (χ2v) is 23.6. The fraction of sp³-hybridized carbons (Fsp3) is 0.846. The first-order valence-electron chi connectivity index (χ1n) is 18.6. The van der Waals surface area contributed by atoms with E-state index < -0.39 is 0 Å². The van der Waals surface area contributed by atoms with E-state index in [-0.39, 0.29) is 5.21 Å². The van der Waals surface area contributed by atoms with E-state index in [0.29, 0.717) is 5.41 Å². The summed E-state index contributed by atoms with van der Waals surface area (Å²) in [5.74, 6) is 8.77. The molecule has 0 nitrogen and oxygen atoms in total. The van der Waals surface area contributed by atoms with Crippen molar-refractivity contribution >= 4 is 14.5 Å². The molecule has 0 spiro atoms. The van der Waals surface area contributed by atoms with Crippen LogP contribution in [0.25, 0.3) is 0 Å². The summed E-state index contributed by atoms with van der Waals surface area (Å²) in [6.07, 6.45) is 28.6. The van der Waals surface area contributed by atoms with E-state index in [1.807, 2.05) is 30.3 Å². The largest absolute Gasteiger partial charge is 0.0683 e. The third kappa shape index (κ3) is 6.55. The van der Waals surface area contributed by atoms with Crippen LogP contribution in [-0.2, 0) is 0 Å². The zero-order chi connectivity index (χ0) is 30.0. The smallest absolute Gasteiger partial charge is 0.0683 e. The van der Waals surface area contributed by atoms with Gasteiger partial charge < -0.3 is 0 Å². The molecule has 238 valence electrons. The summed E-state index contributed by atoms with van der Waals surface area (Å²) in [5.41, 5.74) is 4.62. The van der Waals surface area contributed by atoms with Gasteiger partial charge in [-0.15, -0.1) is 0 Å². The number of rotatable bonds is 8. The molecule has 0 saturated heterocycles. The minimum atomic E-state index is -0.0362. The summed E-state index contributed by atoms with van der Waals surface area (Å²) >= 11 is 2.09. The van der Waals surface area contributed by atoms with Gasteiger partial charge in [-0.1, -0.05) is 13.8 Å². The molecule has 0 bridgehead atoms. The van der Waals surface area contributed by atoms with Crippen LogP contribution in [0.1, 0.15) is 143 Å². The van der Waals surface area contributed by atoms with Crippen molar-refractivity contribution in [2.75, 3.05) is 6.66 Å². The second kappa shape index (κ2) is 15.2. The molecule has 0 heterocycles. The van der Waals surface area contributed by atoms with E-state index in [1.165, 1.54) is 103 Å². The number of fused-ring (bicyclic) bond motifs is 6. The Morgan fingerprint density at radius 2 is 1.76 bits per heavy atom. The minimum absolute atomic E-state index is 0.0362. The molecule has 6 aliphatic carbocycles. The van der Waals surface area contributed by atoms with Gasteiger partial charge in [-0.05, 0) is 0 Å². The summed E-state index contributed by atoms with van der Waals surface area (Å²) in [6.45, 7) is 16.0. The number of hydrogen-bond acceptors (Lipinski definition) is 0. The Hall–Kier alpha value is 0.963. The minimum Gasteiger partial charge on any atom is -0.0683 e. The summed E-state index contributed by atoms with van der Waals surface area (Å²) in [6, 6.07) is 0. The van der Waals surface area contributed by atoms with Crippen LogP contribution < -0.4 is 0 Å². The Bertz CT molecular complexity index is 994. The van der Waals surface area contributed by atoms with E-state index in [2.05, 4.69) is 66.5 Å². The van der Waals surface area contributed by atoms with E-state index in [4.69, 9.17) is 0 Å². The monoisotopic (exact) mass is 805 g/mol. The van der Waals surface area contributed by atoms with Crippen molar-refractivity contribution in [1.29, 1.82) is 0 Å². The SMILES string of the molecule is C=CCC/C(=C(/C1=C(P)CCC2C1CCC1C2CCC2(C)CCCC12)C1CCC2CCCC2C1CCC)P(C)[At].CC. The molecule has 0 aromatic carbocycles. The first-order valence-corrected chi connectivity index (χ1v) is 24.8. The van der Waals surface area contributed by atoms with Crippen LogP contribution in [0.3, 0.4) is 0 Å². The summed E-state index contributed by atoms with van der Waals surface area (Å²) < 4.78 is 0. The molecule has 0 N–H and O–H groups in total. The Balaban J connectivity index is 0.00000173. The predicted octanol–water partition coefficient (Wildman–Crippen LogP) is 12.8. The van der Waals surface area contributed by atoms with Gasteiger partial charge in [0.1, 0.15) is 0 Å². The van der Waals surface area contributed by atoms with Gasteiger partial charge in [0.15, 0.2) is 0 Å². The first-order chi connectivity index (χ1) is 20.4. The number of allylic oxidation sites excluding steroid dienone is 5. The van der Waals surface area contributed by atoms with E-state index in [1.54, 1.807) is 18.2 Å². The molecule has 0 aliphatic heterocycles. The van der Waals surface area contributed by atoms with Gasteiger partial charge in [0.2, 0.25) is 0 Å². The molecule has 0 amide bonds. The van der Waals surface area contributed by atoms with Gasteiger partial charge in [0.25, 0.3) is 0 Å². The molecular weight excluding hydrogens is 740 g/mol. The normalized spacial score (nSPS) is 42.3. The average molecular weight is 806 g/mol. The maximum atomic E-state index is 4.19. The molecule has 3 heteroatoms. The van der Waals surface area contributed by atoms with E-state index in [0.717, 1.165) is 53.3 Å². The zero-order valence-electron chi connectivity index (χ0n) is 28.1. The van der Waals surface area contributed by atoms with Crippen LogP contribution in [0.5, 0.6) is 0 Å². The van der Waals surface area contributed by atoms with Gasteiger partial charge >= 0.3 is 268 Å². The summed E-state index contributed by atoms with van der Waals surface area (Å²) in [7, 11) is 3.39. The maximum absolute atomic E-state index is 4.19. The molecule has 0 aromatic heterocycles. The van der Waals surface area contributed by atoms with Gasteiger partial charge in [0.05, 0.1) is 0 Å². The van der Waals surface area contributed by atoms with Crippen LogP contribution in [0, 0.1) is 82.8 Å². The molecule has 0 radical (unpaired) electrons. The topological polar surface area (TPSA) is 0 Å². The van der Waals surface area contributed by atoms with Gasteiger partial charge in [0, 0.05) is 0 Å². The van der Waals surface area contributed by atoms with Crippen LogP contribution >= 0.6 is 14.5 Å². The van der Waals surface area contributed by atoms with Crippen molar-refractivity contribution in [2.45, 2.75) is 143 Å². The summed E-state index contributed by atoms with van der Waals surface area (Å²) in [5, 5.41) is 3.64. The van der Waals surface area contributed by atoms with E-state index in [9.17, 15) is 0 Å². The van der Waals surface area contributed by atoms with Gasteiger partial charge in [-0.25, -0.2) is 0 Å². The average Bonchev–Trinajstić information content (AvgIpc) is 3.64. The molecule has 5 fully saturated rings. The molecule has 42 heavy (non-hydrogen) atoms. The number of hydrogen-bond donors (Lipinski definition) is 0. The third-order valence-electron chi connectivity index (χ3n) is 13.8. The predicted molar refractivity (Wildman–Crippen MR) is 186 cm³/mol. The standard InChI is InChI=1S/C37H59AtP2.C2H6/c1-5-7-14-34(40(4)38)36(31-16-15-24-11-8-12-25(24)26(31)10-6-2)35-30-18-17-29-28(27(30)19-20-33(35)39)21-23-37(3)22-9-13-32(29)37;1-2/h5,24-32H,1,6-23,39H2,2-4H3;1-2H3/b36-34-;. The van der Waals surface area contributed by atoms with Crippen molar-refractivity contribution < 1.29 is 24.1 Å². The van der Waals surface area contributed by atoms with Crippen LogP contribution in [0.15, 0.2) is 34.4 Å². The van der Waals surface area contributed by atoms with Gasteiger partial charge in [-0.3, -0.25) is 0 Å². The third-order valence-corrected chi connectivity index (χ3v) is 18.0. The Morgan fingerprint density at radius 1 is 0.952 bits per heavy atom. The maximum Gasteiger partial charge on any atom is -0.0683 e. The van der Waals surface area contributed by atoms with Crippen LogP contribution in [-0.4, -0.2) is 6.66 Å². The van der Waals surface area contributed by atoms with Crippen molar-refractivity contribution in [3.05, 3.63) is 34.4 Å². The van der Waals surface area contributed by atoms with Crippen molar-refractivity contribution in [2.24, 2.45) is 58.7 Å². The Labute approximate surface area is 280 Å². The van der Waals surface area contributed by atoms with Crippen molar-refractivity contribution in [3.63, 3.8) is 0 Å². The molecule has 6 rings (SSSR count). The molecule has 5 saturated carbocycles. The molecule has 12 atom stereocenters. The zero-order valence-corrected chi connectivity index (χ0v) is 33.1. The Morgan fingerprint density at radius 3 is 2.50 bits per heavy atom. The molecular formula is C39H65AtP2. The summed E-state index contributed by atoms with van der Waals surface area (Å²) in [4.78, 5) is 0. The molecule has 0 aromatic rings. The van der Waals surface area contributed by atoms with Crippen LogP contribution in [0.2, 0.25) is 0 Å². The fourth-order valence-electron chi connectivity index (χ4n) is 12.2.